The first-order valence-corrected chi connectivity index (χ1v) is 6.61. The molecule has 0 fully saturated rings. The summed E-state index contributed by atoms with van der Waals surface area (Å²) < 4.78 is 0. The summed E-state index contributed by atoms with van der Waals surface area (Å²) in [5.41, 5.74) is 0.880. The van der Waals surface area contributed by atoms with E-state index >= 15 is 0 Å². The van der Waals surface area contributed by atoms with Crippen LogP contribution in [0.15, 0.2) is 34.8 Å². The molecule has 0 spiro atoms. The van der Waals surface area contributed by atoms with Gasteiger partial charge in [0.1, 0.15) is 0 Å². The summed E-state index contributed by atoms with van der Waals surface area (Å²) in [6, 6.07) is 0. The third-order valence-electron chi connectivity index (χ3n) is 3.34. The van der Waals surface area contributed by atoms with E-state index in [9.17, 15) is 14.4 Å². The second-order valence-electron chi connectivity index (χ2n) is 5.04. The van der Waals surface area contributed by atoms with Crippen molar-refractivity contribution in [3.63, 3.8) is 0 Å². The molecule has 0 saturated carbocycles. The molecule has 1 atom stereocenters. The molecule has 1 aliphatic rings. The first-order valence-electron chi connectivity index (χ1n) is 6.61. The van der Waals surface area contributed by atoms with Crippen molar-refractivity contribution in [2.75, 3.05) is 6.54 Å². The smallest absolute Gasteiger partial charge is 0.334 e. The van der Waals surface area contributed by atoms with Gasteiger partial charge in [0.25, 0.3) is 5.70 Å². The van der Waals surface area contributed by atoms with E-state index in [1.807, 2.05) is 0 Å². The summed E-state index contributed by atoms with van der Waals surface area (Å²) in [5, 5.41) is 26.9. The van der Waals surface area contributed by atoms with E-state index in [-0.39, 0.29) is 12.1 Å². The summed E-state index contributed by atoms with van der Waals surface area (Å²) in [6.07, 6.45) is 2.42. The van der Waals surface area contributed by atoms with E-state index in [4.69, 9.17) is 21.9 Å². The fraction of sp³-hybridized carbons (Fsp3) is 0.333. The number of rotatable bonds is 6. The lowest BCUT2D eigenvalue weighted by molar-refractivity contribution is -0.148. The van der Waals surface area contributed by atoms with Gasteiger partial charge in [0.2, 0.25) is 0 Å². The van der Waals surface area contributed by atoms with E-state index in [0.717, 1.165) is 0 Å². The minimum Gasteiger partial charge on any atom is -0.486 e. The molecule has 0 radical (unpaired) electrons. The van der Waals surface area contributed by atoms with Crippen LogP contribution >= 0.6 is 0 Å². The Kier molecular flexibility index (Phi) is 5.68. The molecule has 1 rings (SSSR count). The summed E-state index contributed by atoms with van der Waals surface area (Å²) in [6.45, 7) is 10.1. The van der Waals surface area contributed by atoms with Gasteiger partial charge >= 0.3 is 17.9 Å². The van der Waals surface area contributed by atoms with E-state index in [0.29, 0.717) is 11.4 Å². The second-order valence-corrected chi connectivity index (χ2v) is 5.04. The predicted molar refractivity (Wildman–Crippen MR) is 78.9 cm³/mol. The Bertz CT molecular complexity index is 659. The molecule has 0 aromatic rings. The van der Waals surface area contributed by atoms with E-state index in [1.165, 1.54) is 12.2 Å². The van der Waals surface area contributed by atoms with Crippen LogP contribution in [0.2, 0.25) is 0 Å². The Hall–Kier alpha value is -3.08. The molecule has 0 amide bonds. The van der Waals surface area contributed by atoms with E-state index < -0.39 is 35.9 Å². The number of hydrogen-bond donors (Lipinski definition) is 3. The van der Waals surface area contributed by atoms with Crippen LogP contribution in [-0.4, -0.2) is 44.7 Å². The number of nitrogens with zero attached hydrogens (tertiary/aromatic N) is 2. The van der Waals surface area contributed by atoms with Crippen LogP contribution in [0, 0.1) is 12.5 Å². The van der Waals surface area contributed by atoms with Crippen LogP contribution in [0.25, 0.3) is 4.85 Å². The summed E-state index contributed by atoms with van der Waals surface area (Å²) in [4.78, 5) is 37.5. The van der Waals surface area contributed by atoms with Gasteiger partial charge in [-0.2, -0.15) is 0 Å². The quantitative estimate of drug-likeness (QED) is 0.501. The topological polar surface area (TPSA) is 120 Å². The maximum absolute atomic E-state index is 11.2. The monoisotopic (exact) mass is 320 g/mol. The molecule has 3 N–H and O–H groups in total. The van der Waals surface area contributed by atoms with Crippen molar-refractivity contribution in [1.29, 1.82) is 0 Å². The molecule has 122 valence electrons. The maximum Gasteiger partial charge on any atom is 0.334 e. The minimum atomic E-state index is -1.34. The lowest BCUT2D eigenvalue weighted by Crippen LogP contribution is -2.33. The molecule has 1 heterocycles. The Morgan fingerprint density at radius 3 is 2.04 bits per heavy atom. The van der Waals surface area contributed by atoms with Gasteiger partial charge in [-0.3, -0.25) is 14.4 Å². The average Bonchev–Trinajstić information content (AvgIpc) is 2.41. The van der Waals surface area contributed by atoms with Gasteiger partial charge in [0.05, 0.1) is 18.9 Å². The van der Waals surface area contributed by atoms with Crippen molar-refractivity contribution in [3.05, 3.63) is 46.2 Å². The molecular weight excluding hydrogens is 304 g/mol. The number of carboxylic acid groups (broad SMARTS) is 3. The second kappa shape index (κ2) is 7.26. The van der Waals surface area contributed by atoms with E-state index in [1.54, 1.807) is 18.7 Å². The van der Waals surface area contributed by atoms with Crippen LogP contribution in [0.4, 0.5) is 0 Å². The lowest BCUT2D eigenvalue weighted by Gasteiger charge is -2.31. The summed E-state index contributed by atoms with van der Waals surface area (Å²) in [5.74, 6) is -4.88. The van der Waals surface area contributed by atoms with Crippen molar-refractivity contribution in [3.8, 4) is 0 Å². The van der Waals surface area contributed by atoms with Gasteiger partial charge in [-0.25, -0.2) is 4.85 Å². The molecule has 23 heavy (non-hydrogen) atoms. The molecule has 1 unspecified atom stereocenters. The number of allylic oxidation sites excluding steroid dienone is 5. The van der Waals surface area contributed by atoms with Crippen LogP contribution in [-0.2, 0) is 14.4 Å². The van der Waals surface area contributed by atoms with Crippen molar-refractivity contribution >= 4 is 17.9 Å². The Balaban J connectivity index is 3.13. The molecule has 0 bridgehead atoms. The van der Waals surface area contributed by atoms with Crippen LogP contribution in [0.3, 0.4) is 0 Å². The number of aliphatic carboxylic acids is 3. The van der Waals surface area contributed by atoms with Crippen molar-refractivity contribution < 1.29 is 29.7 Å². The molecule has 8 nitrogen and oxygen atoms in total. The van der Waals surface area contributed by atoms with E-state index in [2.05, 4.69) is 4.85 Å². The number of hydrogen-bond acceptors (Lipinski definition) is 4. The highest BCUT2D eigenvalue weighted by atomic mass is 16.4. The zero-order valence-corrected chi connectivity index (χ0v) is 12.6. The lowest BCUT2D eigenvalue weighted by atomic mass is 10.0. The van der Waals surface area contributed by atoms with Crippen LogP contribution < -0.4 is 0 Å². The van der Waals surface area contributed by atoms with Crippen molar-refractivity contribution in [2.45, 2.75) is 20.3 Å². The van der Waals surface area contributed by atoms with Gasteiger partial charge in [0, 0.05) is 17.9 Å². The predicted octanol–water partition coefficient (Wildman–Crippen LogP) is 1.54. The third-order valence-corrected chi connectivity index (χ3v) is 3.34. The summed E-state index contributed by atoms with van der Waals surface area (Å²) >= 11 is 0. The molecule has 0 saturated heterocycles. The largest absolute Gasteiger partial charge is 0.486 e. The minimum absolute atomic E-state index is 0.0556. The van der Waals surface area contributed by atoms with Gasteiger partial charge < -0.3 is 20.2 Å². The zero-order valence-electron chi connectivity index (χ0n) is 12.6. The average molecular weight is 320 g/mol. The highest BCUT2D eigenvalue weighted by Gasteiger charge is 2.27. The SMILES string of the molecule is [C-]#[N+]C(C(=O)O)=C1C=C(C)N(CC(CC(=O)O)C(=O)O)C(C)=C1. The standard InChI is InChI=1S/C15H16N2O6/c1-8-4-10(13(16-3)15(22)23)5-9(2)17(8)7-11(14(20)21)6-12(18)19/h4-5,11H,6-7H2,1-2H3,(H,18,19)(H,20,21)(H,22,23). The maximum atomic E-state index is 11.2. The third kappa shape index (κ3) is 4.44. The zero-order chi connectivity index (χ0) is 17.7. The van der Waals surface area contributed by atoms with Gasteiger partial charge in [-0.1, -0.05) is 0 Å². The highest BCUT2D eigenvalue weighted by molar-refractivity contribution is 5.91. The highest BCUT2D eigenvalue weighted by Crippen LogP contribution is 2.26. The molecule has 1 aliphatic heterocycles. The van der Waals surface area contributed by atoms with Gasteiger partial charge in [-0.05, 0) is 31.6 Å². The van der Waals surface area contributed by atoms with Crippen LogP contribution in [0.5, 0.6) is 0 Å². The molecule has 8 heteroatoms. The van der Waals surface area contributed by atoms with Crippen LogP contribution in [0.1, 0.15) is 20.3 Å². The first kappa shape index (κ1) is 18.0. The Labute approximate surface area is 132 Å². The first-order chi connectivity index (χ1) is 10.7. The molecular formula is C15H16N2O6. The van der Waals surface area contributed by atoms with Crippen molar-refractivity contribution in [1.82, 2.24) is 4.90 Å². The normalized spacial score (nSPS) is 15.2. The van der Waals surface area contributed by atoms with Crippen molar-refractivity contribution in [2.24, 2.45) is 5.92 Å². The fourth-order valence-electron chi connectivity index (χ4n) is 2.25. The fourth-order valence-corrected chi connectivity index (χ4v) is 2.25. The molecule has 0 aliphatic carbocycles. The Morgan fingerprint density at radius 2 is 1.70 bits per heavy atom. The number of carbonyl (C=O) groups is 3. The van der Waals surface area contributed by atoms with Gasteiger partial charge in [-0.15, -0.1) is 0 Å². The Morgan fingerprint density at radius 1 is 1.17 bits per heavy atom. The molecule has 0 aromatic heterocycles. The number of carboxylic acids is 3. The summed E-state index contributed by atoms with van der Waals surface area (Å²) in [7, 11) is 0. The molecule has 0 aromatic carbocycles. The van der Waals surface area contributed by atoms with Gasteiger partial charge in [0.15, 0.2) is 0 Å².